The number of methoxy groups -OCH3 is 1. The molecule has 0 aliphatic heterocycles. The summed E-state index contributed by atoms with van der Waals surface area (Å²) in [5.74, 6) is -0.306. The molecule has 0 atom stereocenters. The van der Waals surface area contributed by atoms with Crippen LogP contribution in [-0.2, 0) is 9.53 Å². The van der Waals surface area contributed by atoms with Crippen molar-refractivity contribution in [1.82, 2.24) is 9.97 Å². The van der Waals surface area contributed by atoms with E-state index in [0.717, 1.165) is 0 Å². The van der Waals surface area contributed by atoms with Crippen LogP contribution in [0.25, 0.3) is 0 Å². The average Bonchev–Trinajstić information content (AvgIpc) is 2.70. The van der Waals surface area contributed by atoms with Crippen LogP contribution in [0.3, 0.4) is 0 Å². The Balaban J connectivity index is 0.000000255. The molecule has 78 valence electrons. The van der Waals surface area contributed by atoms with Crippen LogP contribution in [0, 0.1) is 10.1 Å². The fourth-order valence-electron chi connectivity index (χ4n) is 0.497. The monoisotopic (exact) mass is 201 g/mol. The van der Waals surface area contributed by atoms with E-state index in [0.29, 0.717) is 6.42 Å². The highest BCUT2D eigenvalue weighted by Gasteiger charge is 2.02. The van der Waals surface area contributed by atoms with Crippen molar-refractivity contribution in [3.63, 3.8) is 0 Å². The number of hydrogen-bond donors (Lipinski definition) is 1. The third-order valence-electron chi connectivity index (χ3n) is 1.19. The number of hydrogen-bond acceptors (Lipinski definition) is 5. The van der Waals surface area contributed by atoms with Crippen LogP contribution in [-0.4, -0.2) is 28.0 Å². The van der Waals surface area contributed by atoms with Crippen molar-refractivity contribution in [1.29, 1.82) is 0 Å². The molecule has 0 radical (unpaired) electrons. The zero-order valence-electron chi connectivity index (χ0n) is 7.89. The zero-order chi connectivity index (χ0) is 11.0. The lowest BCUT2D eigenvalue weighted by Gasteiger charge is -1.87. The van der Waals surface area contributed by atoms with Gasteiger partial charge in [-0.05, 0) is 9.91 Å². The van der Waals surface area contributed by atoms with E-state index in [1.807, 2.05) is 0 Å². The third kappa shape index (κ3) is 4.86. The zero-order valence-corrected chi connectivity index (χ0v) is 7.89. The molecule has 0 unspecified atom stereocenters. The summed E-state index contributed by atoms with van der Waals surface area (Å²) in [6, 6.07) is 0. The van der Waals surface area contributed by atoms with Gasteiger partial charge in [0.05, 0.1) is 7.11 Å². The molecular formula is C7H11N3O4. The first-order valence-electron chi connectivity index (χ1n) is 3.81. The second-order valence-corrected chi connectivity index (χ2v) is 2.11. The first kappa shape index (κ1) is 12.1. The van der Waals surface area contributed by atoms with E-state index in [4.69, 9.17) is 0 Å². The van der Waals surface area contributed by atoms with Crippen molar-refractivity contribution in [2.24, 2.45) is 0 Å². The number of ether oxygens (including phenoxy) is 1. The van der Waals surface area contributed by atoms with Crippen molar-refractivity contribution in [3.8, 4) is 0 Å². The predicted octanol–water partition coefficient (Wildman–Crippen LogP) is 0.887. The molecule has 0 aromatic carbocycles. The third-order valence-corrected chi connectivity index (χ3v) is 1.19. The highest BCUT2D eigenvalue weighted by atomic mass is 16.6. The van der Waals surface area contributed by atoms with Gasteiger partial charge in [0.25, 0.3) is 0 Å². The second-order valence-electron chi connectivity index (χ2n) is 2.11. The summed E-state index contributed by atoms with van der Waals surface area (Å²) in [4.78, 5) is 25.0. The Kier molecular flexibility index (Phi) is 5.68. The van der Waals surface area contributed by atoms with Gasteiger partial charge >= 0.3 is 11.8 Å². The Morgan fingerprint density at radius 1 is 1.79 bits per heavy atom. The number of carbonyl (C=O) groups excluding carboxylic acids is 1. The number of esters is 1. The summed E-state index contributed by atoms with van der Waals surface area (Å²) in [6.07, 6.45) is 2.95. The number of aromatic nitrogens is 2. The number of rotatable bonds is 2. The van der Waals surface area contributed by atoms with Gasteiger partial charge in [-0.3, -0.25) is 4.79 Å². The standard InChI is InChI=1S/C4H8O2.C3H3N3O2/c1-3-4(5)6-2;7-6(8)3-1-4-2-5-3/h3H2,1-2H3;1-2H,(H,4,5). The maximum Gasteiger partial charge on any atom is 0.381 e. The van der Waals surface area contributed by atoms with Gasteiger partial charge in [0.2, 0.25) is 6.33 Å². The van der Waals surface area contributed by atoms with E-state index >= 15 is 0 Å². The smallest absolute Gasteiger partial charge is 0.381 e. The van der Waals surface area contributed by atoms with Crippen LogP contribution in [0.4, 0.5) is 5.82 Å². The highest BCUT2D eigenvalue weighted by Crippen LogP contribution is 1.99. The normalized spacial score (nSPS) is 8.43. The van der Waals surface area contributed by atoms with Crippen LogP contribution >= 0.6 is 0 Å². The van der Waals surface area contributed by atoms with Crippen LogP contribution in [0.1, 0.15) is 13.3 Å². The maximum absolute atomic E-state index is 9.96. The SMILES string of the molecule is CCC(=O)OC.O=[N+]([O-])c1c[nH]cn1. The fourth-order valence-corrected chi connectivity index (χ4v) is 0.497. The largest absolute Gasteiger partial charge is 0.469 e. The van der Waals surface area contributed by atoms with Crippen LogP contribution < -0.4 is 0 Å². The Labute approximate surface area is 80.3 Å². The molecule has 1 heterocycles. The molecule has 0 spiro atoms. The molecular weight excluding hydrogens is 190 g/mol. The Morgan fingerprint density at radius 3 is 2.57 bits per heavy atom. The summed E-state index contributed by atoms with van der Waals surface area (Å²) in [5, 5.41) is 9.79. The van der Waals surface area contributed by atoms with E-state index in [-0.39, 0.29) is 11.8 Å². The van der Waals surface area contributed by atoms with E-state index < -0.39 is 4.92 Å². The number of nitro groups is 1. The number of H-pyrrole nitrogens is 1. The minimum Gasteiger partial charge on any atom is -0.469 e. The molecule has 0 aliphatic rings. The van der Waals surface area contributed by atoms with Gasteiger partial charge in [0, 0.05) is 6.42 Å². The van der Waals surface area contributed by atoms with Gasteiger partial charge in [-0.1, -0.05) is 6.92 Å². The van der Waals surface area contributed by atoms with Crippen molar-refractivity contribution in [3.05, 3.63) is 22.6 Å². The van der Waals surface area contributed by atoms with Crippen molar-refractivity contribution >= 4 is 11.8 Å². The number of imidazole rings is 1. The Bertz CT molecular complexity index is 277. The molecule has 1 aromatic heterocycles. The van der Waals surface area contributed by atoms with E-state index in [1.54, 1.807) is 6.92 Å². The molecule has 1 rings (SSSR count). The molecule has 0 saturated heterocycles. The molecule has 7 heteroatoms. The lowest BCUT2D eigenvalue weighted by Crippen LogP contribution is -1.94. The van der Waals surface area contributed by atoms with Gasteiger partial charge in [-0.2, -0.15) is 0 Å². The van der Waals surface area contributed by atoms with Crippen molar-refractivity contribution in [2.75, 3.05) is 7.11 Å². The molecule has 1 aromatic rings. The summed E-state index contributed by atoms with van der Waals surface area (Å²) in [5.41, 5.74) is 0. The molecule has 14 heavy (non-hydrogen) atoms. The van der Waals surface area contributed by atoms with Gasteiger partial charge in [-0.25, -0.2) is 0 Å². The van der Waals surface area contributed by atoms with Gasteiger partial charge in [-0.15, -0.1) is 0 Å². The Hall–Kier alpha value is -1.92. The number of nitrogens with zero attached hydrogens (tertiary/aromatic N) is 2. The lowest BCUT2D eigenvalue weighted by molar-refractivity contribution is -0.389. The van der Waals surface area contributed by atoms with Crippen molar-refractivity contribution in [2.45, 2.75) is 13.3 Å². The number of nitrogens with one attached hydrogen (secondary N) is 1. The molecule has 7 nitrogen and oxygen atoms in total. The summed E-state index contributed by atoms with van der Waals surface area (Å²) in [6.45, 7) is 1.76. The molecule has 0 amide bonds. The van der Waals surface area contributed by atoms with Crippen LogP contribution in [0.2, 0.25) is 0 Å². The van der Waals surface area contributed by atoms with Crippen LogP contribution in [0.5, 0.6) is 0 Å². The minimum absolute atomic E-state index is 0.148. The molecule has 0 aliphatic carbocycles. The Morgan fingerprint density at radius 2 is 2.43 bits per heavy atom. The quantitative estimate of drug-likeness (QED) is 0.435. The van der Waals surface area contributed by atoms with E-state index in [2.05, 4.69) is 14.7 Å². The average molecular weight is 201 g/mol. The maximum atomic E-state index is 9.96. The summed E-state index contributed by atoms with van der Waals surface area (Å²) >= 11 is 0. The molecule has 0 bridgehead atoms. The molecule has 1 N–H and O–H groups in total. The van der Waals surface area contributed by atoms with E-state index in [9.17, 15) is 14.9 Å². The topological polar surface area (TPSA) is 98.1 Å². The predicted molar refractivity (Wildman–Crippen MR) is 47.5 cm³/mol. The van der Waals surface area contributed by atoms with Gasteiger partial charge < -0.3 is 19.8 Å². The highest BCUT2D eigenvalue weighted by molar-refractivity contribution is 5.68. The first-order valence-corrected chi connectivity index (χ1v) is 3.81. The van der Waals surface area contributed by atoms with Crippen molar-refractivity contribution < 1.29 is 14.5 Å². The fraction of sp³-hybridized carbons (Fsp3) is 0.429. The number of aromatic amines is 1. The first-order chi connectivity index (χ1) is 6.61. The van der Waals surface area contributed by atoms with Gasteiger partial charge in [0.1, 0.15) is 6.20 Å². The lowest BCUT2D eigenvalue weighted by atomic mass is 10.5. The second kappa shape index (κ2) is 6.58. The summed E-state index contributed by atoms with van der Waals surface area (Å²) < 4.78 is 4.26. The molecule has 0 fully saturated rings. The molecule has 0 saturated carbocycles. The minimum atomic E-state index is -0.559. The van der Waals surface area contributed by atoms with E-state index in [1.165, 1.54) is 19.6 Å². The van der Waals surface area contributed by atoms with Gasteiger partial charge in [0.15, 0.2) is 0 Å². The summed E-state index contributed by atoms with van der Waals surface area (Å²) in [7, 11) is 1.38. The number of carbonyl (C=O) groups is 1. The van der Waals surface area contributed by atoms with Crippen LogP contribution in [0.15, 0.2) is 12.5 Å².